The van der Waals surface area contributed by atoms with Gasteiger partial charge < -0.3 is 28.8 Å². The summed E-state index contributed by atoms with van der Waals surface area (Å²) in [5.74, 6) is -1.01. The van der Waals surface area contributed by atoms with E-state index < -0.39 is 23.5 Å². The van der Waals surface area contributed by atoms with Crippen LogP contribution < -0.4 is 20.3 Å². The molecule has 6 rings (SSSR count). The summed E-state index contributed by atoms with van der Waals surface area (Å²) in [6.07, 6.45) is -0.742. The minimum absolute atomic E-state index is 0.0452. The van der Waals surface area contributed by atoms with E-state index in [1.807, 2.05) is 6.07 Å². The fraction of sp³-hybridized carbons (Fsp3) is 0.385. The zero-order valence-electron chi connectivity index (χ0n) is 20.5. The zero-order chi connectivity index (χ0) is 26.1. The Morgan fingerprint density at radius 1 is 1.19 bits per heavy atom. The number of cyclic esters (lactones) is 1. The number of carbonyl (C=O) groups excluding carboxylic acids is 2. The average molecular weight is 509 g/mol. The van der Waals surface area contributed by atoms with Gasteiger partial charge in [-0.15, -0.1) is 0 Å². The second-order valence-electron chi connectivity index (χ2n) is 9.53. The predicted octanol–water partition coefficient (Wildman–Crippen LogP) is 3.13. The number of halogens is 1. The van der Waals surface area contributed by atoms with Crippen LogP contribution in [0.1, 0.15) is 43.9 Å². The van der Waals surface area contributed by atoms with Gasteiger partial charge in [-0.1, -0.05) is 6.92 Å². The molecule has 10 nitrogen and oxygen atoms in total. The van der Waals surface area contributed by atoms with E-state index in [0.717, 1.165) is 5.56 Å². The number of alkyl carbamates (subject to hydrolysis) is 1. The maximum atomic E-state index is 14.7. The number of nitrogens with one attached hydrogen (secondary N) is 1. The number of rotatable bonds is 3. The second kappa shape index (κ2) is 8.19. The molecule has 0 fully saturated rings. The number of hydrogen-bond donors (Lipinski definition) is 1. The molecule has 0 saturated heterocycles. The number of esters is 1. The van der Waals surface area contributed by atoms with Crippen LogP contribution in [0.25, 0.3) is 22.3 Å². The van der Waals surface area contributed by atoms with Gasteiger partial charge in [-0.3, -0.25) is 4.79 Å². The van der Waals surface area contributed by atoms with E-state index in [0.29, 0.717) is 22.3 Å². The van der Waals surface area contributed by atoms with Gasteiger partial charge in [0.2, 0.25) is 5.60 Å². The molecule has 3 aliphatic heterocycles. The Morgan fingerprint density at radius 3 is 2.68 bits per heavy atom. The third-order valence-corrected chi connectivity index (χ3v) is 6.89. The molecule has 0 radical (unpaired) electrons. The number of pyridine rings is 2. The monoisotopic (exact) mass is 509 g/mol. The van der Waals surface area contributed by atoms with E-state index >= 15 is 0 Å². The van der Waals surface area contributed by atoms with Crippen molar-refractivity contribution >= 4 is 23.0 Å². The standard InChI is InChI=1S/C26H24FN3O7/c1-4-26(37-25(33)28-12(2)3)16-8-19-20-13(10-30(19)23(31)15(16)11-36-24(26)32)7-14-18(29-20)9-17(27)22-21(14)34-5-6-35-22/h7-9,12H,4-6,10-11H2,1-3H3,(H,28,33)/t26-/m0/s1. The zero-order valence-corrected chi connectivity index (χ0v) is 20.5. The summed E-state index contributed by atoms with van der Waals surface area (Å²) in [4.78, 5) is 43.9. The van der Waals surface area contributed by atoms with Crippen LogP contribution in [0.3, 0.4) is 0 Å². The first-order chi connectivity index (χ1) is 17.7. The van der Waals surface area contributed by atoms with E-state index in [1.165, 1.54) is 10.6 Å². The van der Waals surface area contributed by atoms with Crippen molar-refractivity contribution in [3.63, 3.8) is 0 Å². The Labute approximate surface area is 210 Å². The molecular weight excluding hydrogens is 485 g/mol. The van der Waals surface area contributed by atoms with E-state index in [9.17, 15) is 18.8 Å². The number of carbonyl (C=O) groups is 2. The molecule has 0 aliphatic carbocycles. The fourth-order valence-electron chi connectivity index (χ4n) is 5.19. The van der Waals surface area contributed by atoms with E-state index in [1.54, 1.807) is 26.8 Å². The maximum absolute atomic E-state index is 14.7. The van der Waals surface area contributed by atoms with Crippen LogP contribution in [0.15, 0.2) is 23.0 Å². The van der Waals surface area contributed by atoms with E-state index in [4.69, 9.17) is 18.9 Å². The minimum Gasteiger partial charge on any atom is -0.485 e. The molecule has 37 heavy (non-hydrogen) atoms. The molecule has 1 aromatic carbocycles. The van der Waals surface area contributed by atoms with Gasteiger partial charge in [-0.05, 0) is 32.4 Å². The molecule has 192 valence electrons. The molecule has 11 heteroatoms. The lowest BCUT2D eigenvalue weighted by molar-refractivity contribution is -0.172. The number of aromatic nitrogens is 2. The van der Waals surface area contributed by atoms with E-state index in [2.05, 4.69) is 10.3 Å². The van der Waals surface area contributed by atoms with Crippen molar-refractivity contribution in [3.8, 4) is 22.9 Å². The van der Waals surface area contributed by atoms with Crippen molar-refractivity contribution in [1.29, 1.82) is 0 Å². The number of amides is 1. The van der Waals surface area contributed by atoms with Crippen molar-refractivity contribution in [2.24, 2.45) is 0 Å². The Balaban J connectivity index is 1.53. The van der Waals surface area contributed by atoms with Gasteiger partial charge in [-0.25, -0.2) is 19.0 Å². The first-order valence-electron chi connectivity index (χ1n) is 12.1. The number of benzene rings is 1. The molecule has 0 bridgehead atoms. The van der Waals surface area contributed by atoms with Crippen LogP contribution in [0.2, 0.25) is 0 Å². The van der Waals surface area contributed by atoms with Crippen LogP contribution in [0.5, 0.6) is 11.5 Å². The van der Waals surface area contributed by atoms with Crippen molar-refractivity contribution in [1.82, 2.24) is 14.9 Å². The first-order valence-corrected chi connectivity index (χ1v) is 12.1. The largest absolute Gasteiger partial charge is 0.485 e. The van der Waals surface area contributed by atoms with Gasteiger partial charge in [0, 0.05) is 28.6 Å². The first kappa shape index (κ1) is 23.3. The average Bonchev–Trinajstić information content (AvgIpc) is 3.22. The fourth-order valence-corrected chi connectivity index (χ4v) is 5.19. The molecule has 2 aromatic heterocycles. The smallest absolute Gasteiger partial charge is 0.408 e. The van der Waals surface area contributed by atoms with Gasteiger partial charge in [0.25, 0.3) is 5.56 Å². The Hall–Kier alpha value is -4.15. The third kappa shape index (κ3) is 3.36. The van der Waals surface area contributed by atoms with Gasteiger partial charge in [-0.2, -0.15) is 0 Å². The molecule has 0 unspecified atom stereocenters. The lowest BCUT2D eigenvalue weighted by Gasteiger charge is -2.35. The molecule has 0 saturated carbocycles. The van der Waals surface area contributed by atoms with Gasteiger partial charge >= 0.3 is 12.1 Å². The quantitative estimate of drug-likeness (QED) is 0.419. The lowest BCUT2D eigenvalue weighted by Crippen LogP contribution is -2.49. The van der Waals surface area contributed by atoms with Crippen LogP contribution >= 0.6 is 0 Å². The minimum atomic E-state index is -1.79. The third-order valence-electron chi connectivity index (χ3n) is 6.89. The number of ether oxygens (including phenoxy) is 4. The highest BCUT2D eigenvalue weighted by molar-refractivity contribution is 5.92. The van der Waals surface area contributed by atoms with Crippen molar-refractivity contribution < 1.29 is 32.9 Å². The molecule has 3 aromatic rings. The van der Waals surface area contributed by atoms with E-state index in [-0.39, 0.29) is 67.0 Å². The molecule has 1 amide bonds. The topological polar surface area (TPSA) is 118 Å². The van der Waals surface area contributed by atoms with Gasteiger partial charge in [0.1, 0.15) is 19.8 Å². The number of nitrogens with zero attached hydrogens (tertiary/aromatic N) is 2. The van der Waals surface area contributed by atoms with Crippen molar-refractivity contribution in [2.75, 3.05) is 13.2 Å². The number of fused-ring (bicyclic) bond motifs is 7. The highest BCUT2D eigenvalue weighted by Gasteiger charge is 2.50. The molecule has 0 spiro atoms. The molecule has 3 aliphatic rings. The highest BCUT2D eigenvalue weighted by Crippen LogP contribution is 2.44. The summed E-state index contributed by atoms with van der Waals surface area (Å²) in [6, 6.07) is 4.52. The Morgan fingerprint density at radius 2 is 1.95 bits per heavy atom. The maximum Gasteiger partial charge on any atom is 0.408 e. The summed E-state index contributed by atoms with van der Waals surface area (Å²) >= 11 is 0. The highest BCUT2D eigenvalue weighted by atomic mass is 19.1. The van der Waals surface area contributed by atoms with Gasteiger partial charge in [0.15, 0.2) is 17.3 Å². The summed E-state index contributed by atoms with van der Waals surface area (Å²) in [5.41, 5.74) is 0.313. The summed E-state index contributed by atoms with van der Waals surface area (Å²) < 4.78 is 38.4. The Bertz CT molecular complexity index is 1560. The summed E-state index contributed by atoms with van der Waals surface area (Å²) in [5, 5.41) is 3.19. The molecule has 5 heterocycles. The van der Waals surface area contributed by atoms with Gasteiger partial charge in [0.05, 0.1) is 29.0 Å². The van der Waals surface area contributed by atoms with Crippen LogP contribution in [0, 0.1) is 5.82 Å². The van der Waals surface area contributed by atoms with Crippen LogP contribution in [0.4, 0.5) is 9.18 Å². The van der Waals surface area contributed by atoms with Crippen molar-refractivity contribution in [2.45, 2.75) is 52.0 Å². The molecular formula is C26H24FN3O7. The van der Waals surface area contributed by atoms with Crippen LogP contribution in [-0.4, -0.2) is 40.9 Å². The summed E-state index contributed by atoms with van der Waals surface area (Å²) in [7, 11) is 0. The van der Waals surface area contributed by atoms with Crippen LogP contribution in [-0.2, 0) is 33.0 Å². The molecule has 1 atom stereocenters. The second-order valence-corrected chi connectivity index (χ2v) is 9.53. The lowest BCUT2D eigenvalue weighted by atomic mass is 9.85. The predicted molar refractivity (Wildman–Crippen MR) is 128 cm³/mol. The normalized spacial score (nSPS) is 19.2. The van der Waals surface area contributed by atoms with Crippen molar-refractivity contribution in [3.05, 3.63) is 51.1 Å². The molecule has 1 N–H and O–H groups in total. The number of hydrogen-bond acceptors (Lipinski definition) is 8. The SMILES string of the molecule is CC[C@@]1(OC(=O)NC(C)C)C(=O)OCc2c1cc1n(c2=O)Cc2cc3c4c(c(F)cc3nc2-1)OCCO4. The Kier molecular flexibility index (Phi) is 5.15. The summed E-state index contributed by atoms with van der Waals surface area (Å²) in [6.45, 7) is 5.71.